The molecule has 4 rings (SSSR count). The van der Waals surface area contributed by atoms with Crippen LogP contribution in [0.1, 0.15) is 37.4 Å². The molecule has 3 aromatic rings. The number of anilines is 1. The Morgan fingerprint density at radius 1 is 1.08 bits per heavy atom. The lowest BCUT2D eigenvalue weighted by atomic mass is 9.91. The number of methoxy groups -OCH3 is 2. The maximum absolute atomic E-state index is 13.2. The van der Waals surface area contributed by atoms with Gasteiger partial charge >= 0.3 is 0 Å². The Labute approximate surface area is 212 Å². The van der Waals surface area contributed by atoms with Crippen LogP contribution in [-0.4, -0.2) is 49.7 Å². The smallest absolute Gasteiger partial charge is 0.243 e. The Morgan fingerprint density at radius 3 is 2.39 bits per heavy atom. The second kappa shape index (κ2) is 11.3. The van der Waals surface area contributed by atoms with Gasteiger partial charge in [0.2, 0.25) is 5.91 Å². The molecule has 1 N–H and O–H groups in total. The Morgan fingerprint density at radius 2 is 1.75 bits per heavy atom. The second-order valence-corrected chi connectivity index (χ2v) is 9.56. The van der Waals surface area contributed by atoms with Gasteiger partial charge < -0.3 is 19.7 Å². The second-order valence-electron chi connectivity index (χ2n) is 9.56. The zero-order valence-corrected chi connectivity index (χ0v) is 21.3. The van der Waals surface area contributed by atoms with E-state index in [4.69, 9.17) is 19.4 Å². The summed E-state index contributed by atoms with van der Waals surface area (Å²) in [6, 6.07) is 15.4. The van der Waals surface area contributed by atoms with Gasteiger partial charge in [-0.2, -0.15) is 5.26 Å². The molecule has 2 aromatic carbocycles. The van der Waals surface area contributed by atoms with Crippen LogP contribution in [0.3, 0.4) is 0 Å². The van der Waals surface area contributed by atoms with Gasteiger partial charge in [0.25, 0.3) is 0 Å². The van der Waals surface area contributed by atoms with Gasteiger partial charge in [0.15, 0.2) is 23.2 Å². The number of hydrogen-bond acceptors (Lipinski definition) is 7. The third-order valence-electron chi connectivity index (χ3n) is 6.57. The van der Waals surface area contributed by atoms with E-state index >= 15 is 0 Å². The van der Waals surface area contributed by atoms with Crippen LogP contribution in [0.2, 0.25) is 0 Å². The minimum absolute atomic E-state index is 0.373. The van der Waals surface area contributed by atoms with E-state index in [0.717, 1.165) is 30.6 Å². The quantitative estimate of drug-likeness (QED) is 0.511. The fourth-order valence-corrected chi connectivity index (χ4v) is 4.98. The number of rotatable bonds is 8. The highest BCUT2D eigenvalue weighted by Gasteiger charge is 2.31. The number of ether oxygens (including phenoxy) is 2. The standard InChI is InChI=1S/C28H33N5O3/c1-18-13-19(2)17-33(16-18)27-26(31-22-7-5-6-8-23(22)32-27)21(15-29)28(34)30-12-11-20-9-10-24(35-3)25(14-20)36-4/h5-10,14,18-19,21H,11-13,16-17H2,1-4H3,(H,30,34)/t18-,19-,21+/m0/s1. The Kier molecular flexibility index (Phi) is 7.89. The van der Waals surface area contributed by atoms with Crippen molar-refractivity contribution < 1.29 is 14.3 Å². The molecule has 188 valence electrons. The average molecular weight is 488 g/mol. The summed E-state index contributed by atoms with van der Waals surface area (Å²) < 4.78 is 10.6. The SMILES string of the molecule is COc1ccc(CCNC(=O)[C@H](C#N)c2nc3ccccc3nc2N2C[C@@H](C)C[C@H](C)C2)cc1OC. The normalized spacial score (nSPS) is 18.4. The molecule has 0 unspecified atom stereocenters. The highest BCUT2D eigenvalue weighted by atomic mass is 16.5. The molecule has 0 saturated carbocycles. The van der Waals surface area contributed by atoms with Gasteiger partial charge in [-0.1, -0.05) is 32.0 Å². The first-order valence-electron chi connectivity index (χ1n) is 12.3. The van der Waals surface area contributed by atoms with E-state index in [-0.39, 0.29) is 5.91 Å². The number of carbonyl (C=O) groups is 1. The van der Waals surface area contributed by atoms with Crippen LogP contribution in [0.15, 0.2) is 42.5 Å². The molecule has 8 nitrogen and oxygen atoms in total. The summed E-state index contributed by atoms with van der Waals surface area (Å²) in [7, 11) is 3.18. The first-order chi connectivity index (χ1) is 17.4. The van der Waals surface area contributed by atoms with Crippen molar-refractivity contribution in [3.8, 4) is 17.6 Å². The number of para-hydroxylation sites is 2. The summed E-state index contributed by atoms with van der Waals surface area (Å²) >= 11 is 0. The van der Waals surface area contributed by atoms with Crippen molar-refractivity contribution in [2.45, 2.75) is 32.6 Å². The molecule has 8 heteroatoms. The van der Waals surface area contributed by atoms with Gasteiger partial charge in [0.1, 0.15) is 5.69 Å². The zero-order valence-electron chi connectivity index (χ0n) is 21.3. The van der Waals surface area contributed by atoms with Crippen LogP contribution in [0.25, 0.3) is 11.0 Å². The molecule has 36 heavy (non-hydrogen) atoms. The third-order valence-corrected chi connectivity index (χ3v) is 6.57. The number of hydrogen-bond donors (Lipinski definition) is 1. The first-order valence-corrected chi connectivity index (χ1v) is 12.3. The van der Waals surface area contributed by atoms with Gasteiger partial charge in [0.05, 0.1) is 31.3 Å². The summed E-state index contributed by atoms with van der Waals surface area (Å²) in [5.74, 6) is 1.47. The molecule has 0 aliphatic carbocycles. The number of fused-ring (bicyclic) bond motifs is 1. The first kappa shape index (κ1) is 25.2. The van der Waals surface area contributed by atoms with Gasteiger partial charge in [-0.05, 0) is 54.5 Å². The minimum Gasteiger partial charge on any atom is -0.493 e. The van der Waals surface area contributed by atoms with Crippen molar-refractivity contribution >= 4 is 22.8 Å². The summed E-state index contributed by atoms with van der Waals surface area (Å²) in [6.45, 7) is 6.46. The van der Waals surface area contributed by atoms with Gasteiger partial charge in [0, 0.05) is 19.6 Å². The number of nitriles is 1. The van der Waals surface area contributed by atoms with Crippen molar-refractivity contribution in [3.05, 3.63) is 53.7 Å². The van der Waals surface area contributed by atoms with Gasteiger partial charge in [-0.25, -0.2) is 9.97 Å². The predicted octanol–water partition coefficient (Wildman–Crippen LogP) is 4.10. The summed E-state index contributed by atoms with van der Waals surface area (Å²) in [4.78, 5) is 25.1. The van der Waals surface area contributed by atoms with Gasteiger partial charge in [-0.15, -0.1) is 0 Å². The Hall–Kier alpha value is -3.86. The third kappa shape index (κ3) is 5.51. The van der Waals surface area contributed by atoms with Crippen LogP contribution >= 0.6 is 0 Å². The number of benzene rings is 2. The minimum atomic E-state index is -1.06. The Balaban J connectivity index is 1.56. The summed E-state index contributed by atoms with van der Waals surface area (Å²) in [6.07, 6.45) is 1.73. The largest absolute Gasteiger partial charge is 0.493 e. The van der Waals surface area contributed by atoms with Crippen molar-refractivity contribution in [1.82, 2.24) is 15.3 Å². The molecular formula is C28H33N5O3. The lowest BCUT2D eigenvalue weighted by Crippen LogP contribution is -2.40. The van der Waals surface area contributed by atoms with E-state index in [1.807, 2.05) is 42.5 Å². The number of aromatic nitrogens is 2. The molecule has 1 saturated heterocycles. The van der Waals surface area contributed by atoms with Crippen molar-refractivity contribution in [1.29, 1.82) is 5.26 Å². The summed E-state index contributed by atoms with van der Waals surface area (Å²) in [5, 5.41) is 13.0. The molecular weight excluding hydrogens is 454 g/mol. The maximum atomic E-state index is 13.2. The predicted molar refractivity (Wildman–Crippen MR) is 139 cm³/mol. The monoisotopic (exact) mass is 487 g/mol. The molecule has 0 bridgehead atoms. The van der Waals surface area contributed by atoms with Crippen LogP contribution in [0, 0.1) is 23.2 Å². The molecule has 1 aliphatic heterocycles. The fourth-order valence-electron chi connectivity index (χ4n) is 4.98. The van der Waals surface area contributed by atoms with E-state index in [2.05, 4.69) is 30.1 Å². The van der Waals surface area contributed by atoms with Crippen molar-refractivity contribution in [2.24, 2.45) is 11.8 Å². The highest BCUT2D eigenvalue weighted by Crippen LogP contribution is 2.32. The molecule has 1 aromatic heterocycles. The van der Waals surface area contributed by atoms with Gasteiger partial charge in [-0.3, -0.25) is 4.79 Å². The molecule has 1 aliphatic rings. The molecule has 1 amide bonds. The highest BCUT2D eigenvalue weighted by molar-refractivity contribution is 5.88. The number of carbonyl (C=O) groups excluding carboxylic acids is 1. The van der Waals surface area contributed by atoms with Crippen LogP contribution in [0.4, 0.5) is 5.82 Å². The lowest BCUT2D eigenvalue weighted by Gasteiger charge is -2.36. The van der Waals surface area contributed by atoms with Crippen LogP contribution in [-0.2, 0) is 11.2 Å². The zero-order chi connectivity index (χ0) is 25.7. The Bertz CT molecular complexity index is 1260. The molecule has 3 atom stereocenters. The van der Waals surface area contributed by atoms with Crippen LogP contribution < -0.4 is 19.7 Å². The number of nitrogens with zero attached hydrogens (tertiary/aromatic N) is 4. The van der Waals surface area contributed by atoms with E-state index in [0.29, 0.717) is 53.3 Å². The average Bonchev–Trinajstić information content (AvgIpc) is 2.88. The molecule has 0 spiro atoms. The molecule has 2 heterocycles. The topological polar surface area (TPSA) is 100 Å². The fraction of sp³-hybridized carbons (Fsp3) is 0.429. The molecule has 1 fully saturated rings. The number of nitrogens with one attached hydrogen (secondary N) is 1. The maximum Gasteiger partial charge on any atom is 0.243 e. The number of piperidine rings is 1. The lowest BCUT2D eigenvalue weighted by molar-refractivity contribution is -0.121. The molecule has 0 radical (unpaired) electrons. The number of amides is 1. The van der Waals surface area contributed by atoms with Crippen molar-refractivity contribution in [2.75, 3.05) is 38.8 Å². The summed E-state index contributed by atoms with van der Waals surface area (Å²) in [5.41, 5.74) is 2.84. The van der Waals surface area contributed by atoms with E-state index in [1.165, 1.54) is 0 Å². The van der Waals surface area contributed by atoms with E-state index in [1.54, 1.807) is 14.2 Å². The van der Waals surface area contributed by atoms with E-state index in [9.17, 15) is 10.1 Å². The van der Waals surface area contributed by atoms with Crippen molar-refractivity contribution in [3.63, 3.8) is 0 Å². The van der Waals surface area contributed by atoms with E-state index < -0.39 is 5.92 Å². The van der Waals surface area contributed by atoms with Crippen LogP contribution in [0.5, 0.6) is 11.5 Å².